The van der Waals surface area contributed by atoms with Crippen molar-refractivity contribution in [2.75, 3.05) is 19.6 Å². The van der Waals surface area contributed by atoms with Gasteiger partial charge in [-0.05, 0) is 37.5 Å². The monoisotopic (exact) mass is 374 g/mol. The number of hydrogen-bond acceptors (Lipinski definition) is 3. The minimum atomic E-state index is -3.74. The molecule has 5 nitrogen and oxygen atoms in total. The fourth-order valence-electron chi connectivity index (χ4n) is 2.52. The highest BCUT2D eigenvalue weighted by atomic mass is 32.2. The van der Waals surface area contributed by atoms with Gasteiger partial charge in [0.2, 0.25) is 15.9 Å². The van der Waals surface area contributed by atoms with Crippen LogP contribution in [0.25, 0.3) is 0 Å². The van der Waals surface area contributed by atoms with E-state index >= 15 is 0 Å². The standard InChI is InChI=1S/C20H26N2O3S/c1-3-14-21-20(23)16-22(15-13-18-7-5-4-6-8-18)26(24,25)19-11-9-17(2)10-12-19/h4-12H,3,13-16H2,1-2H3,(H,21,23). The Morgan fingerprint density at radius 1 is 1.04 bits per heavy atom. The summed E-state index contributed by atoms with van der Waals surface area (Å²) in [6.07, 6.45) is 1.35. The van der Waals surface area contributed by atoms with E-state index in [1.807, 2.05) is 44.2 Å². The smallest absolute Gasteiger partial charge is 0.243 e. The van der Waals surface area contributed by atoms with Gasteiger partial charge in [0.1, 0.15) is 0 Å². The van der Waals surface area contributed by atoms with Crippen molar-refractivity contribution in [1.82, 2.24) is 9.62 Å². The molecule has 0 aliphatic rings. The van der Waals surface area contributed by atoms with Gasteiger partial charge in [0.05, 0.1) is 11.4 Å². The molecule has 0 spiro atoms. The van der Waals surface area contributed by atoms with Crippen LogP contribution in [0.5, 0.6) is 0 Å². The molecule has 6 heteroatoms. The lowest BCUT2D eigenvalue weighted by atomic mass is 10.1. The minimum absolute atomic E-state index is 0.178. The van der Waals surface area contributed by atoms with Gasteiger partial charge in [-0.1, -0.05) is 55.0 Å². The van der Waals surface area contributed by atoms with Crippen molar-refractivity contribution in [1.29, 1.82) is 0 Å². The number of sulfonamides is 1. The molecule has 26 heavy (non-hydrogen) atoms. The van der Waals surface area contributed by atoms with Gasteiger partial charge in [-0.25, -0.2) is 8.42 Å². The maximum absolute atomic E-state index is 13.0. The molecule has 0 atom stereocenters. The van der Waals surface area contributed by atoms with Gasteiger partial charge in [0, 0.05) is 13.1 Å². The second-order valence-electron chi connectivity index (χ2n) is 6.24. The molecule has 2 aromatic rings. The van der Waals surface area contributed by atoms with Crippen molar-refractivity contribution < 1.29 is 13.2 Å². The zero-order valence-corrected chi connectivity index (χ0v) is 16.1. The van der Waals surface area contributed by atoms with Gasteiger partial charge in [-0.3, -0.25) is 4.79 Å². The summed E-state index contributed by atoms with van der Waals surface area (Å²) in [4.78, 5) is 12.3. The zero-order chi connectivity index (χ0) is 19.0. The molecule has 0 heterocycles. The van der Waals surface area contributed by atoms with Crippen molar-refractivity contribution >= 4 is 15.9 Å². The van der Waals surface area contributed by atoms with E-state index in [4.69, 9.17) is 0 Å². The molecular weight excluding hydrogens is 348 g/mol. The van der Waals surface area contributed by atoms with Crippen LogP contribution in [0.4, 0.5) is 0 Å². The van der Waals surface area contributed by atoms with Crippen LogP contribution in [0, 0.1) is 6.92 Å². The number of rotatable bonds is 9. The first-order valence-corrected chi connectivity index (χ1v) is 10.2. The minimum Gasteiger partial charge on any atom is -0.355 e. The average molecular weight is 375 g/mol. The number of carbonyl (C=O) groups is 1. The fourth-order valence-corrected chi connectivity index (χ4v) is 3.92. The predicted octanol–water partition coefficient (Wildman–Crippen LogP) is 2.75. The third-order valence-corrected chi connectivity index (χ3v) is 5.90. The molecular formula is C20H26N2O3S. The van der Waals surface area contributed by atoms with E-state index in [0.29, 0.717) is 13.0 Å². The number of amides is 1. The molecule has 0 fully saturated rings. The van der Waals surface area contributed by atoms with Gasteiger partial charge in [0.25, 0.3) is 0 Å². The molecule has 140 valence electrons. The molecule has 2 rings (SSSR count). The maximum atomic E-state index is 13.0. The Kier molecular flexibility index (Phi) is 7.36. The summed E-state index contributed by atoms with van der Waals surface area (Å²) < 4.78 is 27.3. The van der Waals surface area contributed by atoms with Crippen LogP contribution >= 0.6 is 0 Å². The molecule has 0 aliphatic heterocycles. The van der Waals surface area contributed by atoms with E-state index in [0.717, 1.165) is 17.5 Å². The lowest BCUT2D eigenvalue weighted by Gasteiger charge is -2.22. The molecule has 0 radical (unpaired) electrons. The van der Waals surface area contributed by atoms with Crippen molar-refractivity contribution in [3.05, 3.63) is 65.7 Å². The van der Waals surface area contributed by atoms with E-state index in [2.05, 4.69) is 5.32 Å². The lowest BCUT2D eigenvalue weighted by Crippen LogP contribution is -2.41. The SMILES string of the molecule is CCCNC(=O)CN(CCc1ccccc1)S(=O)(=O)c1ccc(C)cc1. The molecule has 0 unspecified atom stereocenters. The summed E-state index contributed by atoms with van der Waals surface area (Å²) in [5.41, 5.74) is 2.02. The Bertz CT molecular complexity index is 803. The van der Waals surface area contributed by atoms with E-state index in [1.165, 1.54) is 4.31 Å². The van der Waals surface area contributed by atoms with Gasteiger partial charge < -0.3 is 5.32 Å². The predicted molar refractivity (Wildman–Crippen MR) is 103 cm³/mol. The summed E-state index contributed by atoms with van der Waals surface area (Å²) in [6.45, 7) is 4.47. The van der Waals surface area contributed by atoms with E-state index < -0.39 is 10.0 Å². The van der Waals surface area contributed by atoms with Crippen LogP contribution in [0.1, 0.15) is 24.5 Å². The molecule has 1 amide bonds. The van der Waals surface area contributed by atoms with Crippen LogP contribution in [0.3, 0.4) is 0 Å². The molecule has 2 aromatic carbocycles. The second-order valence-corrected chi connectivity index (χ2v) is 8.18. The lowest BCUT2D eigenvalue weighted by molar-refractivity contribution is -0.121. The zero-order valence-electron chi connectivity index (χ0n) is 15.3. The Labute approximate surface area is 156 Å². The number of hydrogen-bond donors (Lipinski definition) is 1. The van der Waals surface area contributed by atoms with Crippen molar-refractivity contribution in [2.24, 2.45) is 0 Å². The van der Waals surface area contributed by atoms with Crippen LogP contribution in [0.2, 0.25) is 0 Å². The van der Waals surface area contributed by atoms with E-state index in [1.54, 1.807) is 24.3 Å². The molecule has 0 saturated carbocycles. The fraction of sp³-hybridized carbons (Fsp3) is 0.350. The highest BCUT2D eigenvalue weighted by molar-refractivity contribution is 7.89. The van der Waals surface area contributed by atoms with Crippen LogP contribution in [-0.2, 0) is 21.2 Å². The van der Waals surface area contributed by atoms with Crippen LogP contribution in [0.15, 0.2) is 59.5 Å². The van der Waals surface area contributed by atoms with Crippen LogP contribution in [-0.4, -0.2) is 38.3 Å². The third kappa shape index (κ3) is 5.68. The summed E-state index contributed by atoms with van der Waals surface area (Å²) in [5, 5.41) is 2.75. The summed E-state index contributed by atoms with van der Waals surface area (Å²) in [5.74, 6) is -0.282. The molecule has 0 aliphatic carbocycles. The number of nitrogens with zero attached hydrogens (tertiary/aromatic N) is 1. The molecule has 0 saturated heterocycles. The summed E-state index contributed by atoms with van der Waals surface area (Å²) >= 11 is 0. The highest BCUT2D eigenvalue weighted by Crippen LogP contribution is 2.17. The third-order valence-electron chi connectivity index (χ3n) is 4.04. The summed E-state index contributed by atoms with van der Waals surface area (Å²) in [7, 11) is -3.74. The van der Waals surface area contributed by atoms with Gasteiger partial charge in [-0.2, -0.15) is 4.31 Å². The molecule has 0 bridgehead atoms. The van der Waals surface area contributed by atoms with Gasteiger partial charge in [0.15, 0.2) is 0 Å². The number of aryl methyl sites for hydroxylation is 1. The topological polar surface area (TPSA) is 66.5 Å². The number of nitrogens with one attached hydrogen (secondary N) is 1. The first kappa shape index (κ1) is 20.1. The first-order valence-electron chi connectivity index (χ1n) is 8.81. The normalized spacial score (nSPS) is 11.5. The average Bonchev–Trinajstić information content (AvgIpc) is 2.64. The van der Waals surface area contributed by atoms with Crippen molar-refractivity contribution in [3.8, 4) is 0 Å². The van der Waals surface area contributed by atoms with Crippen LogP contribution < -0.4 is 5.32 Å². The summed E-state index contributed by atoms with van der Waals surface area (Å²) in [6, 6.07) is 16.4. The molecule has 0 aromatic heterocycles. The molecule has 1 N–H and O–H groups in total. The Morgan fingerprint density at radius 2 is 1.69 bits per heavy atom. The number of benzene rings is 2. The maximum Gasteiger partial charge on any atom is 0.243 e. The van der Waals surface area contributed by atoms with E-state index in [9.17, 15) is 13.2 Å². The largest absolute Gasteiger partial charge is 0.355 e. The first-order chi connectivity index (χ1) is 12.4. The van der Waals surface area contributed by atoms with Crippen molar-refractivity contribution in [3.63, 3.8) is 0 Å². The Balaban J connectivity index is 2.20. The van der Waals surface area contributed by atoms with Crippen molar-refractivity contribution in [2.45, 2.75) is 31.6 Å². The Morgan fingerprint density at radius 3 is 2.31 bits per heavy atom. The van der Waals surface area contributed by atoms with Gasteiger partial charge in [-0.15, -0.1) is 0 Å². The Hall–Kier alpha value is -2.18. The van der Waals surface area contributed by atoms with Gasteiger partial charge >= 0.3 is 0 Å². The van der Waals surface area contributed by atoms with E-state index in [-0.39, 0.29) is 23.9 Å². The second kappa shape index (κ2) is 9.50. The highest BCUT2D eigenvalue weighted by Gasteiger charge is 2.26. The quantitative estimate of drug-likeness (QED) is 0.734. The number of carbonyl (C=O) groups excluding carboxylic acids is 1.